The first-order chi connectivity index (χ1) is 7.26. The third-order valence-corrected chi connectivity index (χ3v) is 4.53. The second-order valence-electron chi connectivity index (χ2n) is 3.42. The zero-order valence-electron chi connectivity index (χ0n) is 9.20. The third-order valence-electron chi connectivity index (χ3n) is 2.34. The second kappa shape index (κ2) is 7.01. The predicted molar refractivity (Wildman–Crippen MR) is 65.7 cm³/mol. The Morgan fingerprint density at radius 2 is 1.73 bits per heavy atom. The maximum Gasteiger partial charge on any atom is 0.320 e. The van der Waals surface area contributed by atoms with Crippen LogP contribution in [0.2, 0.25) is 11.1 Å². The van der Waals surface area contributed by atoms with Crippen molar-refractivity contribution in [3.8, 4) is 0 Å². The normalized spacial score (nSPS) is 10.9. The van der Waals surface area contributed by atoms with E-state index in [1.807, 2.05) is 12.1 Å². The Morgan fingerprint density at radius 1 is 1.13 bits per heavy atom. The van der Waals surface area contributed by atoms with E-state index in [1.165, 1.54) is 5.56 Å². The van der Waals surface area contributed by atoms with Crippen molar-refractivity contribution in [3.63, 3.8) is 0 Å². The zero-order valence-corrected chi connectivity index (χ0v) is 11.1. The van der Waals surface area contributed by atoms with Crippen LogP contribution in [0.5, 0.6) is 0 Å². The summed E-state index contributed by atoms with van der Waals surface area (Å²) in [5.41, 5.74) is 1.32. The Balaban J connectivity index is 2.28. The first kappa shape index (κ1) is 12.7. The number of aryl methyl sites for hydroxylation is 1. The van der Waals surface area contributed by atoms with Gasteiger partial charge in [0.1, 0.15) is 0 Å². The molecule has 0 amide bonds. The van der Waals surface area contributed by atoms with Crippen LogP contribution in [0, 0.1) is 0 Å². The summed E-state index contributed by atoms with van der Waals surface area (Å²) in [5.74, 6) is 0. The summed E-state index contributed by atoms with van der Waals surface area (Å²) in [6.45, 7) is 0. The van der Waals surface area contributed by atoms with Gasteiger partial charge in [-0.25, -0.2) is 0 Å². The molecule has 0 saturated heterocycles. The summed E-state index contributed by atoms with van der Waals surface area (Å²) < 4.78 is 10.5. The van der Waals surface area contributed by atoms with Gasteiger partial charge < -0.3 is 8.85 Å². The van der Waals surface area contributed by atoms with E-state index in [9.17, 15) is 0 Å². The molecule has 15 heavy (non-hydrogen) atoms. The highest BCUT2D eigenvalue weighted by molar-refractivity contribution is 6.44. The van der Waals surface area contributed by atoms with E-state index in [0.717, 1.165) is 23.9 Å². The number of hydrogen-bond acceptors (Lipinski definition) is 2. The van der Waals surface area contributed by atoms with Crippen molar-refractivity contribution in [1.29, 1.82) is 0 Å². The molecule has 0 aromatic heterocycles. The fourth-order valence-corrected chi connectivity index (χ4v) is 2.78. The lowest BCUT2D eigenvalue weighted by atomic mass is 10.1. The minimum atomic E-state index is -1.37. The number of benzene rings is 1. The fraction of sp³-hybridized carbons (Fsp3) is 0.455. The van der Waals surface area contributed by atoms with Crippen LogP contribution in [0.25, 0.3) is 0 Å². The van der Waals surface area contributed by atoms with Gasteiger partial charge in [-0.05, 0) is 36.6 Å². The average Bonchev–Trinajstić information content (AvgIpc) is 2.27. The standard InChI is InChI=1S/C11H17ClO2Si/c1-13-15(14-2)9-3-4-10-5-7-11(12)8-6-10/h5-8,15H,3-4,9H2,1-2H3. The van der Waals surface area contributed by atoms with Gasteiger partial charge in [-0.1, -0.05) is 23.7 Å². The van der Waals surface area contributed by atoms with Gasteiger partial charge in [0.2, 0.25) is 0 Å². The highest BCUT2D eigenvalue weighted by atomic mass is 35.5. The zero-order chi connectivity index (χ0) is 11.1. The van der Waals surface area contributed by atoms with Crippen LogP contribution < -0.4 is 0 Å². The molecule has 1 aromatic carbocycles. The minimum Gasteiger partial charge on any atom is -0.400 e. The van der Waals surface area contributed by atoms with Crippen molar-refractivity contribution < 1.29 is 8.85 Å². The Labute approximate surface area is 98.0 Å². The Bertz CT molecular complexity index is 272. The maximum atomic E-state index is 5.81. The Kier molecular flexibility index (Phi) is 5.94. The van der Waals surface area contributed by atoms with Crippen LogP contribution in [0.15, 0.2) is 24.3 Å². The lowest BCUT2D eigenvalue weighted by molar-refractivity contribution is 0.276. The summed E-state index contributed by atoms with van der Waals surface area (Å²) in [4.78, 5) is 0. The summed E-state index contributed by atoms with van der Waals surface area (Å²) in [5, 5.41) is 0.791. The molecule has 0 aliphatic rings. The molecule has 0 unspecified atom stereocenters. The minimum absolute atomic E-state index is 0.791. The second-order valence-corrected chi connectivity index (χ2v) is 6.24. The van der Waals surface area contributed by atoms with Crippen molar-refractivity contribution in [2.45, 2.75) is 18.9 Å². The summed E-state index contributed by atoms with van der Waals surface area (Å²) in [7, 11) is 2.08. The van der Waals surface area contributed by atoms with Crippen LogP contribution in [-0.4, -0.2) is 23.5 Å². The monoisotopic (exact) mass is 244 g/mol. The van der Waals surface area contributed by atoms with Crippen molar-refractivity contribution >= 4 is 20.9 Å². The van der Waals surface area contributed by atoms with Crippen LogP contribution in [0.4, 0.5) is 0 Å². The molecule has 1 aromatic rings. The lowest BCUT2D eigenvalue weighted by Gasteiger charge is -2.10. The van der Waals surface area contributed by atoms with Crippen molar-refractivity contribution in [3.05, 3.63) is 34.9 Å². The highest BCUT2D eigenvalue weighted by Gasteiger charge is 2.08. The first-order valence-corrected chi connectivity index (χ1v) is 7.20. The topological polar surface area (TPSA) is 18.5 Å². The van der Waals surface area contributed by atoms with Gasteiger partial charge in [-0.2, -0.15) is 0 Å². The van der Waals surface area contributed by atoms with E-state index >= 15 is 0 Å². The Morgan fingerprint density at radius 3 is 2.27 bits per heavy atom. The van der Waals surface area contributed by atoms with E-state index in [-0.39, 0.29) is 0 Å². The molecule has 0 radical (unpaired) electrons. The molecule has 0 heterocycles. The molecular weight excluding hydrogens is 228 g/mol. The van der Waals surface area contributed by atoms with Crippen LogP contribution in [-0.2, 0) is 15.3 Å². The quantitative estimate of drug-likeness (QED) is 0.717. The largest absolute Gasteiger partial charge is 0.400 e. The Hall–Kier alpha value is -0.353. The van der Waals surface area contributed by atoms with Crippen molar-refractivity contribution in [2.24, 2.45) is 0 Å². The lowest BCUT2D eigenvalue weighted by Crippen LogP contribution is -2.18. The van der Waals surface area contributed by atoms with Gasteiger partial charge in [0.15, 0.2) is 0 Å². The van der Waals surface area contributed by atoms with E-state index in [0.29, 0.717) is 0 Å². The van der Waals surface area contributed by atoms with Gasteiger partial charge in [0.05, 0.1) is 0 Å². The fourth-order valence-electron chi connectivity index (χ4n) is 1.46. The maximum absolute atomic E-state index is 5.81. The molecule has 0 bridgehead atoms. The summed E-state index contributed by atoms with van der Waals surface area (Å²) >= 11 is 5.81. The smallest absolute Gasteiger partial charge is 0.320 e. The van der Waals surface area contributed by atoms with Gasteiger partial charge >= 0.3 is 9.28 Å². The van der Waals surface area contributed by atoms with Crippen LogP contribution >= 0.6 is 11.6 Å². The molecule has 0 aliphatic heterocycles. The molecule has 0 fully saturated rings. The van der Waals surface area contributed by atoms with Gasteiger partial charge in [0.25, 0.3) is 0 Å². The molecule has 84 valence electrons. The van der Waals surface area contributed by atoms with Crippen LogP contribution in [0.3, 0.4) is 0 Å². The van der Waals surface area contributed by atoms with Gasteiger partial charge in [-0.15, -0.1) is 0 Å². The molecule has 4 heteroatoms. The van der Waals surface area contributed by atoms with Gasteiger partial charge in [0, 0.05) is 19.2 Å². The number of halogens is 1. The molecule has 0 atom stereocenters. The van der Waals surface area contributed by atoms with E-state index in [2.05, 4.69) is 12.1 Å². The van der Waals surface area contributed by atoms with E-state index in [4.69, 9.17) is 20.5 Å². The van der Waals surface area contributed by atoms with Crippen LogP contribution in [0.1, 0.15) is 12.0 Å². The number of rotatable bonds is 6. The molecule has 0 aliphatic carbocycles. The molecule has 1 rings (SSSR count). The van der Waals surface area contributed by atoms with E-state index < -0.39 is 9.28 Å². The SMILES string of the molecule is CO[SiH](CCCc1ccc(Cl)cc1)OC. The molecule has 0 saturated carbocycles. The highest BCUT2D eigenvalue weighted by Crippen LogP contribution is 2.12. The molecular formula is C11H17ClO2Si. The predicted octanol–water partition coefficient (Wildman–Crippen LogP) is 2.79. The van der Waals surface area contributed by atoms with Crippen molar-refractivity contribution in [1.82, 2.24) is 0 Å². The average molecular weight is 245 g/mol. The first-order valence-electron chi connectivity index (χ1n) is 5.06. The summed E-state index contributed by atoms with van der Waals surface area (Å²) in [6, 6.07) is 9.05. The molecule has 2 nitrogen and oxygen atoms in total. The third kappa shape index (κ3) is 4.80. The summed E-state index contributed by atoms with van der Waals surface area (Å²) in [6.07, 6.45) is 2.17. The van der Waals surface area contributed by atoms with E-state index in [1.54, 1.807) is 14.2 Å². The number of hydrogen-bond donors (Lipinski definition) is 0. The molecule has 0 N–H and O–H groups in total. The van der Waals surface area contributed by atoms with Crippen molar-refractivity contribution in [2.75, 3.05) is 14.2 Å². The van der Waals surface area contributed by atoms with Gasteiger partial charge in [-0.3, -0.25) is 0 Å². The molecule has 0 spiro atoms.